The van der Waals surface area contributed by atoms with E-state index in [1.54, 1.807) is 23.4 Å². The number of nitrogens with zero attached hydrogens (tertiary/aromatic N) is 2. The first-order valence-electron chi connectivity index (χ1n) is 6.67. The van der Waals surface area contributed by atoms with Gasteiger partial charge in [-0.1, -0.05) is 5.92 Å². The van der Waals surface area contributed by atoms with Gasteiger partial charge in [0.1, 0.15) is 0 Å². The zero-order chi connectivity index (χ0) is 15.6. The van der Waals surface area contributed by atoms with E-state index < -0.39 is 17.8 Å². The number of rotatable bonds is 1. The highest BCUT2D eigenvalue weighted by atomic mass is 16.8. The molecule has 112 valence electrons. The molecule has 0 aromatic carbocycles. The maximum Gasteiger partial charge on any atom is 0.356 e. The summed E-state index contributed by atoms with van der Waals surface area (Å²) in [5.41, 5.74) is 1.19. The molecular formula is C15H13N3O4. The van der Waals surface area contributed by atoms with Crippen molar-refractivity contribution in [3.63, 3.8) is 0 Å². The van der Waals surface area contributed by atoms with Crippen LogP contribution in [0.25, 0.3) is 0 Å². The van der Waals surface area contributed by atoms with E-state index in [4.69, 9.17) is 15.9 Å². The summed E-state index contributed by atoms with van der Waals surface area (Å²) in [4.78, 5) is 29.3. The number of hydrogen-bond donors (Lipinski definition) is 1. The summed E-state index contributed by atoms with van der Waals surface area (Å²) in [6, 6.07) is 1.72. The van der Waals surface area contributed by atoms with Crippen LogP contribution in [-0.4, -0.2) is 42.5 Å². The number of ether oxygens (including phenoxy) is 2. The molecule has 1 fully saturated rings. The number of anilines is 1. The standard InChI is InChI=1S/C15H13N3O4/c1-2-11-7-12(9-17-8-11)18-6-5-16-10-15(18)21-13(19)3-4-14(20)22-15/h1,3-4,7-9,16H,5-6,10H2. The largest absolute Gasteiger partial charge is 0.399 e. The second-order valence-electron chi connectivity index (χ2n) is 4.79. The van der Waals surface area contributed by atoms with Crippen molar-refractivity contribution in [2.45, 2.75) is 5.91 Å². The smallest absolute Gasteiger partial charge is 0.356 e. The van der Waals surface area contributed by atoms with E-state index in [0.29, 0.717) is 24.3 Å². The number of carbonyl (C=O) groups is 2. The summed E-state index contributed by atoms with van der Waals surface area (Å²) < 4.78 is 10.7. The molecule has 22 heavy (non-hydrogen) atoms. The molecule has 0 amide bonds. The van der Waals surface area contributed by atoms with Gasteiger partial charge in [0.25, 0.3) is 0 Å². The minimum absolute atomic E-state index is 0.145. The van der Waals surface area contributed by atoms with E-state index in [-0.39, 0.29) is 6.54 Å². The van der Waals surface area contributed by atoms with E-state index in [1.807, 2.05) is 0 Å². The molecule has 0 atom stereocenters. The van der Waals surface area contributed by atoms with Crippen molar-refractivity contribution in [3.05, 3.63) is 36.2 Å². The Labute approximate surface area is 126 Å². The van der Waals surface area contributed by atoms with Crippen molar-refractivity contribution in [1.82, 2.24) is 10.3 Å². The summed E-state index contributed by atoms with van der Waals surface area (Å²) in [5, 5.41) is 3.06. The summed E-state index contributed by atoms with van der Waals surface area (Å²) in [5.74, 6) is -0.360. The highest BCUT2D eigenvalue weighted by Gasteiger charge is 2.47. The van der Waals surface area contributed by atoms with E-state index in [2.05, 4.69) is 16.2 Å². The topological polar surface area (TPSA) is 80.8 Å². The summed E-state index contributed by atoms with van der Waals surface area (Å²) in [7, 11) is 0. The molecule has 7 heteroatoms. The lowest BCUT2D eigenvalue weighted by molar-refractivity contribution is -0.221. The highest BCUT2D eigenvalue weighted by molar-refractivity contribution is 5.93. The Kier molecular flexibility index (Phi) is 3.53. The number of pyridine rings is 1. The van der Waals surface area contributed by atoms with Gasteiger partial charge in [-0.2, -0.15) is 0 Å². The fourth-order valence-electron chi connectivity index (χ4n) is 2.40. The van der Waals surface area contributed by atoms with Crippen LogP contribution in [0.2, 0.25) is 0 Å². The molecule has 3 rings (SSSR count). The molecule has 0 bridgehead atoms. The van der Waals surface area contributed by atoms with Gasteiger partial charge in [0.2, 0.25) is 0 Å². The zero-order valence-corrected chi connectivity index (χ0v) is 11.6. The Hall–Kier alpha value is -2.85. The molecule has 1 aromatic rings. The first-order chi connectivity index (χ1) is 10.6. The van der Waals surface area contributed by atoms with Crippen molar-refractivity contribution in [2.75, 3.05) is 24.5 Å². The third kappa shape index (κ3) is 2.52. The fourth-order valence-corrected chi connectivity index (χ4v) is 2.40. The van der Waals surface area contributed by atoms with Gasteiger partial charge < -0.3 is 14.8 Å². The molecule has 2 aliphatic heterocycles. The number of terminal acetylenes is 1. The monoisotopic (exact) mass is 299 g/mol. The maximum absolute atomic E-state index is 11.8. The van der Waals surface area contributed by atoms with Gasteiger partial charge in [-0.3, -0.25) is 9.88 Å². The van der Waals surface area contributed by atoms with Crippen LogP contribution in [-0.2, 0) is 19.1 Å². The van der Waals surface area contributed by atoms with Crippen LogP contribution in [0, 0.1) is 12.3 Å². The average molecular weight is 299 g/mol. The van der Waals surface area contributed by atoms with Gasteiger partial charge in [-0.25, -0.2) is 9.59 Å². The van der Waals surface area contributed by atoms with Gasteiger partial charge in [0.05, 0.1) is 18.4 Å². The molecule has 0 aliphatic carbocycles. The third-order valence-electron chi connectivity index (χ3n) is 3.35. The molecule has 3 heterocycles. The van der Waals surface area contributed by atoms with Crippen molar-refractivity contribution < 1.29 is 19.1 Å². The Bertz CT molecular complexity index is 672. The number of hydrogen-bond acceptors (Lipinski definition) is 7. The van der Waals surface area contributed by atoms with Crippen LogP contribution in [0.3, 0.4) is 0 Å². The van der Waals surface area contributed by atoms with E-state index in [1.165, 1.54) is 0 Å². The van der Waals surface area contributed by atoms with Crippen LogP contribution in [0.5, 0.6) is 0 Å². The summed E-state index contributed by atoms with van der Waals surface area (Å²) >= 11 is 0. The quantitative estimate of drug-likeness (QED) is 0.567. The number of esters is 2. The van der Waals surface area contributed by atoms with Crippen LogP contribution in [0.15, 0.2) is 30.6 Å². The maximum atomic E-state index is 11.8. The lowest BCUT2D eigenvalue weighted by Gasteiger charge is -2.44. The minimum Gasteiger partial charge on any atom is -0.399 e. The molecule has 0 saturated carbocycles. The predicted molar refractivity (Wildman–Crippen MR) is 76.4 cm³/mol. The van der Waals surface area contributed by atoms with Gasteiger partial charge in [0.15, 0.2) is 0 Å². The summed E-state index contributed by atoms with van der Waals surface area (Å²) in [6.45, 7) is 1.23. The van der Waals surface area contributed by atoms with Gasteiger partial charge in [-0.05, 0) is 6.07 Å². The Morgan fingerprint density at radius 2 is 2.00 bits per heavy atom. The molecule has 1 aromatic heterocycles. The Morgan fingerprint density at radius 1 is 1.27 bits per heavy atom. The van der Waals surface area contributed by atoms with Crippen molar-refractivity contribution in [2.24, 2.45) is 0 Å². The van der Waals surface area contributed by atoms with Crippen LogP contribution in [0.1, 0.15) is 5.56 Å². The summed E-state index contributed by atoms with van der Waals surface area (Å²) in [6.07, 6.45) is 10.6. The molecule has 7 nitrogen and oxygen atoms in total. The second kappa shape index (κ2) is 5.50. The van der Waals surface area contributed by atoms with Gasteiger partial charge in [0, 0.05) is 37.0 Å². The number of nitrogens with one attached hydrogen (secondary N) is 1. The van der Waals surface area contributed by atoms with Crippen molar-refractivity contribution in [1.29, 1.82) is 0 Å². The van der Waals surface area contributed by atoms with Crippen LogP contribution in [0.4, 0.5) is 5.69 Å². The average Bonchev–Trinajstić information content (AvgIpc) is 2.66. The lowest BCUT2D eigenvalue weighted by atomic mass is 10.2. The Balaban J connectivity index is 2.02. The number of aromatic nitrogens is 1. The zero-order valence-electron chi connectivity index (χ0n) is 11.6. The molecule has 0 radical (unpaired) electrons. The minimum atomic E-state index is -1.55. The molecule has 1 N–H and O–H groups in total. The highest BCUT2D eigenvalue weighted by Crippen LogP contribution is 2.30. The molecule has 1 spiro atoms. The number of carbonyl (C=O) groups excluding carboxylic acids is 2. The first-order valence-corrected chi connectivity index (χ1v) is 6.67. The van der Waals surface area contributed by atoms with E-state index in [0.717, 1.165) is 12.2 Å². The second-order valence-corrected chi connectivity index (χ2v) is 4.79. The van der Waals surface area contributed by atoms with Crippen LogP contribution >= 0.6 is 0 Å². The van der Waals surface area contributed by atoms with E-state index in [9.17, 15) is 9.59 Å². The van der Waals surface area contributed by atoms with Crippen molar-refractivity contribution in [3.8, 4) is 12.3 Å². The fraction of sp³-hybridized carbons (Fsp3) is 0.267. The van der Waals surface area contributed by atoms with Crippen LogP contribution < -0.4 is 10.2 Å². The third-order valence-corrected chi connectivity index (χ3v) is 3.35. The van der Waals surface area contributed by atoms with Gasteiger partial charge >= 0.3 is 17.8 Å². The van der Waals surface area contributed by atoms with Gasteiger partial charge in [-0.15, -0.1) is 6.42 Å². The first kappa shape index (κ1) is 14.1. The number of piperazine rings is 1. The lowest BCUT2D eigenvalue weighted by Crippen LogP contribution is -2.65. The Morgan fingerprint density at radius 3 is 2.68 bits per heavy atom. The molecular weight excluding hydrogens is 286 g/mol. The normalized spacial score (nSPS) is 20.0. The predicted octanol–water partition coefficient (Wildman–Crippen LogP) is -0.218. The molecule has 2 aliphatic rings. The van der Waals surface area contributed by atoms with E-state index >= 15 is 0 Å². The molecule has 0 unspecified atom stereocenters. The van der Waals surface area contributed by atoms with Crippen molar-refractivity contribution >= 4 is 17.6 Å². The molecule has 1 saturated heterocycles. The SMILES string of the molecule is C#Cc1cncc(N2CCNCC23OC(=O)C=CC(=O)O3)c1.